The summed E-state index contributed by atoms with van der Waals surface area (Å²) in [7, 11) is 0. The maximum absolute atomic E-state index is 13.0. The molecule has 0 bridgehead atoms. The Bertz CT molecular complexity index is 1250. The van der Waals surface area contributed by atoms with E-state index in [-0.39, 0.29) is 17.3 Å². The fourth-order valence-corrected chi connectivity index (χ4v) is 4.90. The summed E-state index contributed by atoms with van der Waals surface area (Å²) in [6.45, 7) is 4.16. The van der Waals surface area contributed by atoms with Gasteiger partial charge in [0.25, 0.3) is 0 Å². The van der Waals surface area contributed by atoms with Crippen molar-refractivity contribution in [3.05, 3.63) is 60.0 Å². The van der Waals surface area contributed by atoms with Crippen molar-refractivity contribution < 1.29 is 18.0 Å². The number of pyridine rings is 1. The van der Waals surface area contributed by atoms with Crippen LogP contribution in [0.1, 0.15) is 30.5 Å². The van der Waals surface area contributed by atoms with Crippen LogP contribution in [-0.4, -0.2) is 40.5 Å². The van der Waals surface area contributed by atoms with Crippen molar-refractivity contribution in [1.82, 2.24) is 20.3 Å². The van der Waals surface area contributed by atoms with Crippen molar-refractivity contribution in [3.8, 4) is 11.1 Å². The van der Waals surface area contributed by atoms with Gasteiger partial charge in [-0.15, -0.1) is 0 Å². The molecule has 1 spiro atoms. The van der Waals surface area contributed by atoms with Gasteiger partial charge in [0.2, 0.25) is 11.9 Å². The average molecular weight is 483 g/mol. The Balaban J connectivity index is 1.35. The number of aromatic nitrogens is 3. The molecule has 0 saturated carbocycles. The Morgan fingerprint density at radius 3 is 2.66 bits per heavy atom. The molecule has 2 saturated heterocycles. The first kappa shape index (κ1) is 23.1. The number of amides is 1. The molecule has 1 amide bonds. The van der Waals surface area contributed by atoms with Crippen LogP contribution >= 0.6 is 0 Å². The fraction of sp³-hybridized carbons (Fsp3) is 0.360. The molecule has 3 aromatic rings. The van der Waals surface area contributed by atoms with Gasteiger partial charge in [0, 0.05) is 43.3 Å². The largest absolute Gasteiger partial charge is 0.433 e. The molecular formula is C25H25F3N6O. The predicted octanol–water partition coefficient (Wildman–Crippen LogP) is 4.72. The number of carbonyl (C=O) groups is 1. The highest BCUT2D eigenvalue weighted by Gasteiger charge is 2.45. The summed E-state index contributed by atoms with van der Waals surface area (Å²) in [4.78, 5) is 26.7. The van der Waals surface area contributed by atoms with Crippen LogP contribution in [0.4, 0.5) is 30.6 Å². The molecule has 2 aliphatic heterocycles. The monoisotopic (exact) mass is 482 g/mol. The van der Waals surface area contributed by atoms with Gasteiger partial charge in [-0.3, -0.25) is 4.79 Å². The van der Waals surface area contributed by atoms with E-state index in [0.717, 1.165) is 67.1 Å². The number of nitrogens with zero attached hydrogens (tertiary/aromatic N) is 4. The maximum atomic E-state index is 13.0. The van der Waals surface area contributed by atoms with E-state index in [1.807, 2.05) is 37.3 Å². The third-order valence-corrected chi connectivity index (χ3v) is 6.63. The van der Waals surface area contributed by atoms with E-state index in [0.29, 0.717) is 12.2 Å². The first-order valence-electron chi connectivity index (χ1n) is 11.5. The zero-order valence-corrected chi connectivity index (χ0v) is 19.2. The molecule has 35 heavy (non-hydrogen) atoms. The topological polar surface area (TPSA) is 83.0 Å². The van der Waals surface area contributed by atoms with E-state index >= 15 is 0 Å². The third-order valence-electron chi connectivity index (χ3n) is 6.63. The number of rotatable bonds is 4. The molecule has 7 nitrogen and oxygen atoms in total. The lowest BCUT2D eigenvalue weighted by atomic mass is 9.78. The lowest BCUT2D eigenvalue weighted by Gasteiger charge is -2.39. The molecule has 182 valence electrons. The van der Waals surface area contributed by atoms with Crippen LogP contribution in [0.25, 0.3) is 11.1 Å². The molecule has 5 rings (SSSR count). The highest BCUT2D eigenvalue weighted by atomic mass is 19.4. The second-order valence-electron chi connectivity index (χ2n) is 9.19. The highest BCUT2D eigenvalue weighted by Crippen LogP contribution is 2.38. The number of benzene rings is 1. The number of aryl methyl sites for hydroxylation is 1. The minimum Gasteiger partial charge on any atom is -0.356 e. The lowest BCUT2D eigenvalue weighted by molar-refractivity contribution is -0.141. The number of hydrogen-bond acceptors (Lipinski definition) is 6. The van der Waals surface area contributed by atoms with Crippen molar-refractivity contribution >= 4 is 23.4 Å². The molecule has 4 heterocycles. The normalized spacial score (nSPS) is 20.2. The second-order valence-corrected chi connectivity index (χ2v) is 9.19. The van der Waals surface area contributed by atoms with Crippen molar-refractivity contribution in [3.63, 3.8) is 0 Å². The summed E-state index contributed by atoms with van der Waals surface area (Å²) in [6.07, 6.45) is 1.03. The molecule has 2 N–H and O–H groups in total. The smallest absolute Gasteiger partial charge is 0.356 e. The van der Waals surface area contributed by atoms with Gasteiger partial charge in [-0.25, -0.2) is 15.0 Å². The van der Waals surface area contributed by atoms with Gasteiger partial charge in [0.15, 0.2) is 0 Å². The van der Waals surface area contributed by atoms with Crippen LogP contribution < -0.4 is 15.5 Å². The molecule has 1 atom stereocenters. The molecular weight excluding hydrogens is 457 g/mol. The minimum atomic E-state index is -4.54. The Hall–Kier alpha value is -3.69. The fourth-order valence-electron chi connectivity index (χ4n) is 4.90. The highest BCUT2D eigenvalue weighted by molar-refractivity contribution is 5.85. The van der Waals surface area contributed by atoms with Crippen molar-refractivity contribution in [1.29, 1.82) is 0 Å². The van der Waals surface area contributed by atoms with E-state index in [9.17, 15) is 18.0 Å². The van der Waals surface area contributed by atoms with E-state index in [4.69, 9.17) is 0 Å². The summed E-state index contributed by atoms with van der Waals surface area (Å²) >= 11 is 0. The van der Waals surface area contributed by atoms with E-state index in [1.54, 1.807) is 6.20 Å². The van der Waals surface area contributed by atoms with Crippen LogP contribution in [0, 0.1) is 12.3 Å². The quantitative estimate of drug-likeness (QED) is 0.560. The van der Waals surface area contributed by atoms with Crippen LogP contribution in [0.15, 0.2) is 48.8 Å². The van der Waals surface area contributed by atoms with Crippen LogP contribution in [0.3, 0.4) is 0 Å². The van der Waals surface area contributed by atoms with Crippen molar-refractivity contribution in [2.75, 3.05) is 29.9 Å². The van der Waals surface area contributed by atoms with E-state index in [1.165, 1.54) is 0 Å². The SMILES string of the molecule is Cc1cc(Nc2nccc(C(F)(F)F)n2)cc(-c2ccc(N3CCCC4(CCNC4=O)C3)nc2)c1. The van der Waals surface area contributed by atoms with Crippen LogP contribution in [0.2, 0.25) is 0 Å². The number of halogens is 3. The zero-order valence-electron chi connectivity index (χ0n) is 19.2. The molecule has 2 fully saturated rings. The standard InChI is InChI=1S/C25H25F3N6O/c1-16-11-18(13-19(12-16)32-23-30-8-5-20(33-23)25(26,27)28)17-3-4-21(31-14-17)34-10-2-6-24(15-34)7-9-29-22(24)35/h3-5,8,11-14H,2,6-7,9-10,15H2,1H3,(H,29,35)(H,30,32,33). The Kier molecular flexibility index (Phi) is 5.82. The molecule has 2 aliphatic rings. The van der Waals surface area contributed by atoms with Gasteiger partial charge in [-0.2, -0.15) is 13.2 Å². The first-order chi connectivity index (χ1) is 16.7. The number of alkyl halides is 3. The Labute approximate surface area is 200 Å². The van der Waals surface area contributed by atoms with Gasteiger partial charge in [-0.05, 0) is 67.6 Å². The van der Waals surface area contributed by atoms with Gasteiger partial charge in [-0.1, -0.05) is 6.07 Å². The summed E-state index contributed by atoms with van der Waals surface area (Å²) in [6, 6.07) is 10.4. The van der Waals surface area contributed by atoms with Gasteiger partial charge in [0.1, 0.15) is 11.5 Å². The summed E-state index contributed by atoms with van der Waals surface area (Å²) in [5, 5.41) is 5.84. The number of piperidine rings is 1. The van der Waals surface area contributed by atoms with E-state index < -0.39 is 11.9 Å². The maximum Gasteiger partial charge on any atom is 0.433 e. The van der Waals surface area contributed by atoms with Gasteiger partial charge in [0.05, 0.1) is 5.41 Å². The van der Waals surface area contributed by atoms with Crippen LogP contribution in [-0.2, 0) is 11.0 Å². The molecule has 1 aromatic carbocycles. The number of hydrogen-bond donors (Lipinski definition) is 2. The number of carbonyl (C=O) groups excluding carboxylic acids is 1. The molecule has 2 aromatic heterocycles. The number of nitrogens with one attached hydrogen (secondary N) is 2. The Morgan fingerprint density at radius 2 is 1.94 bits per heavy atom. The first-order valence-corrected chi connectivity index (χ1v) is 11.5. The predicted molar refractivity (Wildman–Crippen MR) is 126 cm³/mol. The molecule has 1 unspecified atom stereocenters. The van der Waals surface area contributed by atoms with Gasteiger partial charge < -0.3 is 15.5 Å². The second kappa shape index (κ2) is 8.83. The average Bonchev–Trinajstić information content (AvgIpc) is 3.17. The summed E-state index contributed by atoms with van der Waals surface area (Å²) in [5.74, 6) is 0.846. The number of anilines is 3. The molecule has 10 heteroatoms. The Morgan fingerprint density at radius 1 is 1.09 bits per heavy atom. The summed E-state index contributed by atoms with van der Waals surface area (Å²) in [5.41, 5.74) is 1.91. The lowest BCUT2D eigenvalue weighted by Crippen LogP contribution is -2.47. The summed E-state index contributed by atoms with van der Waals surface area (Å²) < 4.78 is 38.9. The molecule has 0 aliphatic carbocycles. The minimum absolute atomic E-state index is 0.125. The van der Waals surface area contributed by atoms with Crippen molar-refractivity contribution in [2.24, 2.45) is 5.41 Å². The van der Waals surface area contributed by atoms with Crippen LogP contribution in [0.5, 0.6) is 0 Å². The molecule has 0 radical (unpaired) electrons. The van der Waals surface area contributed by atoms with Crippen molar-refractivity contribution in [2.45, 2.75) is 32.4 Å². The van der Waals surface area contributed by atoms with Gasteiger partial charge >= 0.3 is 6.18 Å². The van der Waals surface area contributed by atoms with E-state index in [2.05, 4.69) is 30.5 Å². The third kappa shape index (κ3) is 4.78. The zero-order chi connectivity index (χ0) is 24.6.